The number of fused-ring (bicyclic) bond motifs is 4. The van der Waals surface area contributed by atoms with Crippen LogP contribution >= 0.6 is 11.3 Å². The predicted octanol–water partition coefficient (Wildman–Crippen LogP) is 15.1. The number of thiophene rings is 1. The molecule has 0 radical (unpaired) electrons. The Bertz CT molecular complexity index is 3230. The maximum absolute atomic E-state index is 5.42. The Morgan fingerprint density at radius 2 is 0.763 bits per heavy atom. The summed E-state index contributed by atoms with van der Waals surface area (Å²) in [4.78, 5) is 16.8. The molecule has 0 bridgehead atoms. The minimum atomic E-state index is 0.715. The van der Waals surface area contributed by atoms with Crippen molar-refractivity contribution in [3.8, 4) is 77.7 Å². The van der Waals surface area contributed by atoms with Gasteiger partial charge in [0.15, 0.2) is 5.82 Å². The zero-order valence-electron chi connectivity index (χ0n) is 32.0. The third kappa shape index (κ3) is 6.37. The highest BCUT2D eigenvalue weighted by Crippen LogP contribution is 2.51. The van der Waals surface area contributed by atoms with E-state index in [4.69, 9.17) is 15.0 Å². The van der Waals surface area contributed by atoms with E-state index in [1.807, 2.05) is 35.6 Å². The maximum atomic E-state index is 5.42. The van der Waals surface area contributed by atoms with Gasteiger partial charge in [-0.05, 0) is 63.7 Å². The normalized spacial score (nSPS) is 11.4. The molecule has 11 aromatic rings. The Morgan fingerprint density at radius 1 is 0.305 bits per heavy atom. The molecular weight excluding hydrogens is 735 g/mol. The number of hydrogen-bond donors (Lipinski definition) is 0. The van der Waals surface area contributed by atoms with Crippen LogP contribution in [0, 0.1) is 0 Å². The molecule has 8 aromatic carbocycles. The van der Waals surface area contributed by atoms with Gasteiger partial charge in [-0.3, -0.25) is 0 Å². The first-order chi connectivity index (χ1) is 29.2. The molecule has 4 heteroatoms. The summed E-state index contributed by atoms with van der Waals surface area (Å²) in [7, 11) is 0. The van der Waals surface area contributed by atoms with E-state index in [2.05, 4.69) is 188 Å². The molecule has 3 nitrogen and oxygen atoms in total. The fraction of sp³-hybridized carbons (Fsp3) is 0. The van der Waals surface area contributed by atoms with Crippen LogP contribution in [0.4, 0.5) is 0 Å². The summed E-state index contributed by atoms with van der Waals surface area (Å²) in [5, 5.41) is 3.34. The van der Waals surface area contributed by atoms with Crippen LogP contribution in [0.15, 0.2) is 212 Å². The molecule has 0 unspecified atom stereocenters. The number of para-hydroxylation sites is 2. The Balaban J connectivity index is 1.18. The average Bonchev–Trinajstić information content (AvgIpc) is 3.73. The number of hydrogen-bond acceptors (Lipinski definition) is 4. The van der Waals surface area contributed by atoms with Gasteiger partial charge in [0, 0.05) is 48.0 Å². The van der Waals surface area contributed by atoms with Gasteiger partial charge in [-0.2, -0.15) is 0 Å². The molecule has 0 fully saturated rings. The topological polar surface area (TPSA) is 38.7 Å². The van der Waals surface area contributed by atoms with E-state index in [-0.39, 0.29) is 0 Å². The van der Waals surface area contributed by atoms with Gasteiger partial charge in [0.05, 0.1) is 22.4 Å². The zero-order chi connectivity index (χ0) is 39.1. The molecule has 0 aliphatic heterocycles. The van der Waals surface area contributed by atoms with Crippen LogP contribution in [-0.4, -0.2) is 15.0 Å². The molecule has 0 N–H and O–H groups in total. The van der Waals surface area contributed by atoms with E-state index < -0.39 is 0 Å². The molecule has 0 atom stereocenters. The van der Waals surface area contributed by atoms with Crippen molar-refractivity contribution in [1.82, 2.24) is 15.0 Å². The van der Waals surface area contributed by atoms with E-state index in [1.165, 1.54) is 43.0 Å². The third-order valence-electron chi connectivity index (χ3n) is 11.1. The van der Waals surface area contributed by atoms with Gasteiger partial charge in [-0.1, -0.05) is 182 Å². The van der Waals surface area contributed by atoms with Gasteiger partial charge in [0.25, 0.3) is 0 Å². The fourth-order valence-electron chi connectivity index (χ4n) is 8.23. The molecule has 3 aromatic heterocycles. The minimum absolute atomic E-state index is 0.715. The van der Waals surface area contributed by atoms with E-state index in [0.717, 1.165) is 60.8 Å². The second kappa shape index (κ2) is 14.8. The maximum Gasteiger partial charge on any atom is 0.160 e. The first-order valence-corrected chi connectivity index (χ1v) is 20.7. The number of pyridine rings is 1. The Kier molecular flexibility index (Phi) is 8.68. The highest BCUT2D eigenvalue weighted by Gasteiger charge is 2.24. The highest BCUT2D eigenvalue weighted by atomic mass is 32.1. The number of aromatic nitrogens is 3. The Hall–Kier alpha value is -7.53. The van der Waals surface area contributed by atoms with Crippen molar-refractivity contribution in [3.63, 3.8) is 0 Å². The Morgan fingerprint density at radius 3 is 1.37 bits per heavy atom. The summed E-state index contributed by atoms with van der Waals surface area (Å²) in [5.74, 6) is 0.715. The van der Waals surface area contributed by atoms with Crippen LogP contribution in [0.1, 0.15) is 0 Å². The van der Waals surface area contributed by atoms with Crippen molar-refractivity contribution in [2.24, 2.45) is 0 Å². The molecule has 3 heterocycles. The number of benzene rings is 8. The first-order valence-electron chi connectivity index (χ1n) is 19.9. The molecule has 0 saturated carbocycles. The average molecular weight is 770 g/mol. The number of rotatable bonds is 7. The summed E-state index contributed by atoms with van der Waals surface area (Å²) in [6, 6.07) is 75.1. The van der Waals surface area contributed by atoms with E-state index >= 15 is 0 Å². The van der Waals surface area contributed by atoms with Gasteiger partial charge in [-0.15, -0.1) is 11.3 Å². The van der Waals surface area contributed by atoms with Crippen molar-refractivity contribution in [2.75, 3.05) is 0 Å². The van der Waals surface area contributed by atoms with Crippen LogP contribution < -0.4 is 0 Å². The summed E-state index contributed by atoms with van der Waals surface area (Å²) in [6.07, 6.45) is 0. The quantitative estimate of drug-likeness (QED) is 0.162. The highest BCUT2D eigenvalue weighted by molar-refractivity contribution is 7.24. The first kappa shape index (κ1) is 34.7. The standard InChI is InChI=1S/C55H35N3S/c1-5-17-36(18-6-1)42-33-43(37-19-7-2-8-20-37)35-44(34-42)53-49(50-52(39-21-9-3-10-22-39)56-48-28-16-14-26-46(48)54(50)59-53)38-29-31-40(32-30-38)51-45-25-13-15-27-47(45)57-55(58-51)41-23-11-4-12-24-41/h1-35H. The van der Waals surface area contributed by atoms with Gasteiger partial charge in [0.2, 0.25) is 0 Å². The summed E-state index contributed by atoms with van der Waals surface area (Å²) < 4.78 is 1.23. The predicted molar refractivity (Wildman–Crippen MR) is 248 cm³/mol. The molecule has 0 saturated heterocycles. The van der Waals surface area contributed by atoms with Crippen LogP contribution in [0.3, 0.4) is 0 Å². The second-order valence-electron chi connectivity index (χ2n) is 14.7. The van der Waals surface area contributed by atoms with Crippen molar-refractivity contribution in [2.45, 2.75) is 0 Å². The van der Waals surface area contributed by atoms with Crippen molar-refractivity contribution in [3.05, 3.63) is 212 Å². The smallest absolute Gasteiger partial charge is 0.160 e. The summed E-state index contributed by atoms with van der Waals surface area (Å²) in [6.45, 7) is 0. The van der Waals surface area contributed by atoms with Crippen molar-refractivity contribution < 1.29 is 0 Å². The largest absolute Gasteiger partial charge is 0.247 e. The lowest BCUT2D eigenvalue weighted by Crippen LogP contribution is -1.95. The lowest BCUT2D eigenvalue weighted by molar-refractivity contribution is 1.23. The third-order valence-corrected chi connectivity index (χ3v) is 12.3. The van der Waals surface area contributed by atoms with Crippen LogP contribution in [0.5, 0.6) is 0 Å². The molecule has 0 spiro atoms. The van der Waals surface area contributed by atoms with Gasteiger partial charge < -0.3 is 0 Å². The molecule has 0 aliphatic carbocycles. The van der Waals surface area contributed by atoms with E-state index in [0.29, 0.717) is 5.82 Å². The van der Waals surface area contributed by atoms with Gasteiger partial charge >= 0.3 is 0 Å². The fourth-order valence-corrected chi connectivity index (χ4v) is 9.58. The zero-order valence-corrected chi connectivity index (χ0v) is 32.8. The number of nitrogens with zero attached hydrogens (tertiary/aromatic N) is 3. The molecular formula is C55H35N3S. The van der Waals surface area contributed by atoms with Crippen molar-refractivity contribution in [1.29, 1.82) is 0 Å². The lowest BCUT2D eigenvalue weighted by Gasteiger charge is -2.14. The molecule has 0 amide bonds. The monoisotopic (exact) mass is 769 g/mol. The summed E-state index contributed by atoms with van der Waals surface area (Å²) in [5.41, 5.74) is 15.1. The Labute approximate surface area is 346 Å². The van der Waals surface area contributed by atoms with E-state index in [9.17, 15) is 0 Å². The lowest BCUT2D eigenvalue weighted by atomic mass is 9.91. The summed E-state index contributed by atoms with van der Waals surface area (Å²) >= 11 is 1.86. The molecule has 11 rings (SSSR count). The molecule has 276 valence electrons. The molecule has 59 heavy (non-hydrogen) atoms. The minimum Gasteiger partial charge on any atom is -0.247 e. The van der Waals surface area contributed by atoms with Gasteiger partial charge in [0.1, 0.15) is 0 Å². The van der Waals surface area contributed by atoms with Gasteiger partial charge in [-0.25, -0.2) is 15.0 Å². The SMILES string of the molecule is c1ccc(-c2cc(-c3ccccc3)cc(-c3sc4c(c(-c5ccccc5)nc5ccccc54)c3-c3ccc(-c4nc(-c5ccccc5)nc5ccccc45)cc3)c2)cc1. The van der Waals surface area contributed by atoms with Crippen LogP contribution in [-0.2, 0) is 0 Å². The van der Waals surface area contributed by atoms with Crippen molar-refractivity contribution >= 4 is 43.2 Å². The molecule has 0 aliphatic rings. The second-order valence-corrected chi connectivity index (χ2v) is 15.8. The van der Waals surface area contributed by atoms with E-state index in [1.54, 1.807) is 0 Å². The van der Waals surface area contributed by atoms with Crippen LogP contribution in [0.25, 0.3) is 110 Å². The van der Waals surface area contributed by atoms with Crippen LogP contribution in [0.2, 0.25) is 0 Å².